The molecule has 2 aromatic rings. The van der Waals surface area contributed by atoms with Crippen molar-refractivity contribution in [1.29, 1.82) is 5.26 Å². The highest BCUT2D eigenvalue weighted by molar-refractivity contribution is 7.85. The van der Waals surface area contributed by atoms with Gasteiger partial charge in [0.1, 0.15) is 17.4 Å². The lowest BCUT2D eigenvalue weighted by atomic mass is 10.2. The Labute approximate surface area is 150 Å². The lowest BCUT2D eigenvalue weighted by Gasteiger charge is -2.08. The van der Waals surface area contributed by atoms with Gasteiger partial charge in [-0.15, -0.1) is 0 Å². The van der Waals surface area contributed by atoms with Gasteiger partial charge in [-0.3, -0.25) is 9.35 Å². The van der Waals surface area contributed by atoms with Gasteiger partial charge >= 0.3 is 0 Å². The zero-order valence-electron chi connectivity index (χ0n) is 13.6. The number of anilines is 2. The number of rotatable bonds is 6. The quantitative estimate of drug-likeness (QED) is 0.403. The second-order valence-electron chi connectivity index (χ2n) is 4.97. The van der Waals surface area contributed by atoms with Crippen LogP contribution < -0.4 is 15.4 Å². The molecule has 0 heterocycles. The van der Waals surface area contributed by atoms with Gasteiger partial charge in [0.15, 0.2) is 0 Å². The highest BCUT2D eigenvalue weighted by Crippen LogP contribution is 2.23. The third kappa shape index (κ3) is 4.83. The van der Waals surface area contributed by atoms with Crippen molar-refractivity contribution < 1.29 is 22.5 Å². The smallest absolute Gasteiger partial charge is 0.294 e. The fourth-order valence-corrected chi connectivity index (χ4v) is 2.45. The van der Waals surface area contributed by atoms with Crippen LogP contribution in [-0.2, 0) is 14.9 Å². The molecule has 0 aromatic heterocycles. The number of nitrogens with one attached hydrogen (secondary N) is 2. The van der Waals surface area contributed by atoms with Crippen LogP contribution in [0.3, 0.4) is 0 Å². The summed E-state index contributed by atoms with van der Waals surface area (Å²) in [5, 5.41) is 14.5. The predicted molar refractivity (Wildman–Crippen MR) is 95.2 cm³/mol. The van der Waals surface area contributed by atoms with Gasteiger partial charge in [0.05, 0.1) is 17.7 Å². The topological polar surface area (TPSA) is 129 Å². The summed E-state index contributed by atoms with van der Waals surface area (Å²) in [6.07, 6.45) is 1.24. The van der Waals surface area contributed by atoms with Crippen molar-refractivity contribution in [1.82, 2.24) is 0 Å². The van der Waals surface area contributed by atoms with Gasteiger partial charge in [-0.2, -0.15) is 13.7 Å². The van der Waals surface area contributed by atoms with E-state index in [0.717, 1.165) is 12.1 Å². The summed E-state index contributed by atoms with van der Waals surface area (Å²) in [5.41, 5.74) is 0.642. The van der Waals surface area contributed by atoms with E-state index in [4.69, 9.17) is 14.6 Å². The number of nitrogens with zero attached hydrogens (tertiary/aromatic N) is 1. The SMILES string of the molecule is COc1ccccc1N/C=C(/C#N)C(=O)Nc1ccc(S(=O)(=O)O)cc1. The van der Waals surface area contributed by atoms with E-state index >= 15 is 0 Å². The van der Waals surface area contributed by atoms with Gasteiger partial charge in [0.2, 0.25) is 0 Å². The Balaban J connectivity index is 2.12. The minimum Gasteiger partial charge on any atom is -0.495 e. The Kier molecular flexibility index (Phi) is 5.95. The van der Waals surface area contributed by atoms with Gasteiger partial charge in [-0.25, -0.2) is 0 Å². The summed E-state index contributed by atoms with van der Waals surface area (Å²) >= 11 is 0. The molecule has 2 aromatic carbocycles. The third-order valence-electron chi connectivity index (χ3n) is 3.25. The van der Waals surface area contributed by atoms with Crippen LogP contribution in [0.25, 0.3) is 0 Å². The standard InChI is InChI=1S/C17H15N3O5S/c1-25-16-5-3-2-4-15(16)19-11-12(10-18)17(21)20-13-6-8-14(9-7-13)26(22,23)24/h2-9,11,19H,1H3,(H,20,21)(H,22,23,24)/b12-11-. The molecule has 9 heteroatoms. The van der Waals surface area contributed by atoms with Gasteiger partial charge < -0.3 is 15.4 Å². The molecular formula is C17H15N3O5S. The molecule has 134 valence electrons. The van der Waals surface area contributed by atoms with Crippen molar-refractivity contribution in [2.45, 2.75) is 4.90 Å². The number of carbonyl (C=O) groups is 1. The Morgan fingerprint density at radius 3 is 2.42 bits per heavy atom. The second kappa shape index (κ2) is 8.15. The van der Waals surface area contributed by atoms with Crippen LogP contribution in [0.15, 0.2) is 65.2 Å². The molecule has 3 N–H and O–H groups in total. The van der Waals surface area contributed by atoms with E-state index in [-0.39, 0.29) is 16.2 Å². The van der Waals surface area contributed by atoms with E-state index < -0.39 is 16.0 Å². The maximum Gasteiger partial charge on any atom is 0.294 e. The first-order valence-corrected chi connectivity index (χ1v) is 8.68. The molecule has 26 heavy (non-hydrogen) atoms. The van der Waals surface area contributed by atoms with Crippen molar-refractivity contribution in [2.75, 3.05) is 17.7 Å². The maximum absolute atomic E-state index is 12.2. The molecule has 0 aliphatic heterocycles. The average Bonchev–Trinajstić information content (AvgIpc) is 2.62. The number of benzene rings is 2. The number of carbonyl (C=O) groups excluding carboxylic acids is 1. The molecule has 0 spiro atoms. The molecule has 0 fully saturated rings. The zero-order valence-corrected chi connectivity index (χ0v) is 14.4. The highest BCUT2D eigenvalue weighted by Gasteiger charge is 2.12. The molecule has 1 amide bonds. The number of hydrogen-bond donors (Lipinski definition) is 3. The van der Waals surface area contributed by atoms with Crippen molar-refractivity contribution in [3.8, 4) is 11.8 Å². The molecule has 0 saturated heterocycles. The molecule has 0 aliphatic carbocycles. The number of ether oxygens (including phenoxy) is 1. The molecule has 2 rings (SSSR count). The number of amides is 1. The van der Waals surface area contributed by atoms with Crippen molar-refractivity contribution >= 4 is 27.4 Å². The summed E-state index contributed by atoms with van der Waals surface area (Å²) in [5.74, 6) is -0.142. The number of hydrogen-bond acceptors (Lipinski definition) is 6. The lowest BCUT2D eigenvalue weighted by molar-refractivity contribution is -0.112. The molecule has 0 radical (unpaired) electrons. The summed E-state index contributed by atoms with van der Waals surface area (Å²) in [4.78, 5) is 11.9. The fourth-order valence-electron chi connectivity index (χ4n) is 1.97. The molecule has 0 aliphatic rings. The third-order valence-corrected chi connectivity index (χ3v) is 4.12. The molecule has 8 nitrogen and oxygen atoms in total. The van der Waals surface area contributed by atoms with Crippen molar-refractivity contribution in [3.63, 3.8) is 0 Å². The fraction of sp³-hybridized carbons (Fsp3) is 0.0588. The zero-order chi connectivity index (χ0) is 19.2. The van der Waals surface area contributed by atoms with Crippen LogP contribution >= 0.6 is 0 Å². The highest BCUT2D eigenvalue weighted by atomic mass is 32.2. The summed E-state index contributed by atoms with van der Waals surface area (Å²) in [6, 6.07) is 13.6. The summed E-state index contributed by atoms with van der Waals surface area (Å²) in [6.45, 7) is 0. The number of methoxy groups -OCH3 is 1. The van der Waals surface area contributed by atoms with Crippen LogP contribution in [0.1, 0.15) is 0 Å². The number of para-hydroxylation sites is 2. The van der Waals surface area contributed by atoms with Gasteiger partial charge in [0, 0.05) is 11.9 Å². The normalized spacial score (nSPS) is 11.3. The Bertz CT molecular complexity index is 976. The first-order chi connectivity index (χ1) is 12.3. The monoisotopic (exact) mass is 373 g/mol. The molecular weight excluding hydrogens is 358 g/mol. The van der Waals surface area contributed by atoms with Crippen LogP contribution in [0.4, 0.5) is 11.4 Å². The van der Waals surface area contributed by atoms with E-state index in [1.165, 1.54) is 25.4 Å². The Morgan fingerprint density at radius 2 is 1.85 bits per heavy atom. The first-order valence-electron chi connectivity index (χ1n) is 7.24. The Morgan fingerprint density at radius 1 is 1.19 bits per heavy atom. The van der Waals surface area contributed by atoms with Crippen LogP contribution in [0.5, 0.6) is 5.75 Å². The minimum absolute atomic E-state index is 0.199. The van der Waals surface area contributed by atoms with E-state index in [0.29, 0.717) is 11.4 Å². The lowest BCUT2D eigenvalue weighted by Crippen LogP contribution is -2.14. The first kappa shape index (κ1) is 19.0. The maximum atomic E-state index is 12.2. The van der Waals surface area contributed by atoms with Gasteiger partial charge in [-0.05, 0) is 36.4 Å². The summed E-state index contributed by atoms with van der Waals surface area (Å²) in [7, 11) is -2.81. The van der Waals surface area contributed by atoms with Crippen molar-refractivity contribution in [3.05, 3.63) is 60.3 Å². The molecule has 0 atom stereocenters. The largest absolute Gasteiger partial charge is 0.495 e. The Hall–Kier alpha value is -3.35. The van der Waals surface area contributed by atoms with E-state index in [1.807, 2.05) is 0 Å². The summed E-state index contributed by atoms with van der Waals surface area (Å²) < 4.78 is 36.1. The van der Waals surface area contributed by atoms with E-state index in [1.54, 1.807) is 30.3 Å². The van der Waals surface area contributed by atoms with Crippen LogP contribution in [-0.4, -0.2) is 26.0 Å². The molecule has 0 bridgehead atoms. The van der Waals surface area contributed by atoms with Gasteiger partial charge in [0.25, 0.3) is 16.0 Å². The van der Waals surface area contributed by atoms with Crippen molar-refractivity contribution in [2.24, 2.45) is 0 Å². The minimum atomic E-state index is -4.31. The number of nitriles is 1. The van der Waals surface area contributed by atoms with Crippen LogP contribution in [0, 0.1) is 11.3 Å². The average molecular weight is 373 g/mol. The molecule has 0 saturated carbocycles. The molecule has 0 unspecified atom stereocenters. The van der Waals surface area contributed by atoms with Gasteiger partial charge in [-0.1, -0.05) is 12.1 Å². The predicted octanol–water partition coefficient (Wildman–Crippen LogP) is 2.40. The van der Waals surface area contributed by atoms with Crippen LogP contribution in [0.2, 0.25) is 0 Å². The van der Waals surface area contributed by atoms with E-state index in [2.05, 4.69) is 10.6 Å². The second-order valence-corrected chi connectivity index (χ2v) is 6.39. The van der Waals surface area contributed by atoms with E-state index in [9.17, 15) is 13.2 Å².